The molecule has 1 aromatic carbocycles. The van der Waals surface area contributed by atoms with Crippen molar-refractivity contribution in [3.8, 4) is 0 Å². The van der Waals surface area contributed by atoms with Crippen molar-refractivity contribution < 1.29 is 4.74 Å². The van der Waals surface area contributed by atoms with Crippen LogP contribution in [0.25, 0.3) is 0 Å². The van der Waals surface area contributed by atoms with Gasteiger partial charge in [-0.2, -0.15) is 0 Å². The molecule has 2 atom stereocenters. The van der Waals surface area contributed by atoms with Gasteiger partial charge in [0, 0.05) is 32.4 Å². The number of hydrogen-bond donors (Lipinski definition) is 1. The van der Waals surface area contributed by atoms with Crippen LogP contribution in [-0.4, -0.2) is 32.8 Å². The summed E-state index contributed by atoms with van der Waals surface area (Å²) in [5, 5.41) is 3.53. The zero-order valence-corrected chi connectivity index (χ0v) is 14.0. The van der Waals surface area contributed by atoms with E-state index < -0.39 is 0 Å². The average Bonchev–Trinajstić information content (AvgIpc) is 2.48. The third kappa shape index (κ3) is 4.21. The second-order valence-electron chi connectivity index (χ2n) is 6.30. The highest BCUT2D eigenvalue weighted by molar-refractivity contribution is 5.55. The number of piperidine rings is 1. The summed E-state index contributed by atoms with van der Waals surface area (Å²) in [5.74, 6) is 0.651. The van der Waals surface area contributed by atoms with Gasteiger partial charge in [0.1, 0.15) is 0 Å². The molecule has 1 aliphatic heterocycles. The van der Waals surface area contributed by atoms with Crippen molar-refractivity contribution in [1.82, 2.24) is 5.32 Å². The Morgan fingerprint density at radius 3 is 2.90 bits per heavy atom. The number of nitrogens with zero attached hydrogens (tertiary/aromatic N) is 1. The summed E-state index contributed by atoms with van der Waals surface area (Å²) < 4.78 is 5.66. The van der Waals surface area contributed by atoms with E-state index in [1.54, 1.807) is 0 Å². The molecule has 1 N–H and O–H groups in total. The lowest BCUT2D eigenvalue weighted by Gasteiger charge is -2.38. The van der Waals surface area contributed by atoms with E-state index in [-0.39, 0.29) is 0 Å². The predicted molar refractivity (Wildman–Crippen MR) is 90.0 cm³/mol. The molecule has 118 valence electrons. The van der Waals surface area contributed by atoms with Crippen LogP contribution in [0.3, 0.4) is 0 Å². The first-order valence-corrected chi connectivity index (χ1v) is 8.23. The number of rotatable bonds is 6. The molecule has 0 aliphatic carbocycles. The van der Waals surface area contributed by atoms with E-state index in [1.807, 2.05) is 7.11 Å². The van der Waals surface area contributed by atoms with Gasteiger partial charge in [-0.25, -0.2) is 0 Å². The van der Waals surface area contributed by atoms with Gasteiger partial charge < -0.3 is 15.0 Å². The monoisotopic (exact) mass is 290 g/mol. The fourth-order valence-corrected chi connectivity index (χ4v) is 3.12. The summed E-state index contributed by atoms with van der Waals surface area (Å²) in [6.07, 6.45) is 2.72. The van der Waals surface area contributed by atoms with E-state index in [4.69, 9.17) is 4.74 Å². The molecule has 0 spiro atoms. The number of benzene rings is 1. The van der Waals surface area contributed by atoms with Crippen LogP contribution >= 0.6 is 0 Å². The van der Waals surface area contributed by atoms with Crippen molar-refractivity contribution in [3.63, 3.8) is 0 Å². The van der Waals surface area contributed by atoms with Gasteiger partial charge in [-0.1, -0.05) is 31.5 Å². The van der Waals surface area contributed by atoms with E-state index in [1.165, 1.54) is 29.7 Å². The number of nitrogens with one attached hydrogen (secondary N) is 1. The zero-order chi connectivity index (χ0) is 15.2. The molecule has 2 rings (SSSR count). The lowest BCUT2D eigenvalue weighted by Crippen LogP contribution is -2.44. The van der Waals surface area contributed by atoms with Crippen LogP contribution < -0.4 is 10.2 Å². The van der Waals surface area contributed by atoms with Gasteiger partial charge in [0.2, 0.25) is 0 Å². The topological polar surface area (TPSA) is 24.5 Å². The molecule has 1 saturated heterocycles. The standard InChI is InChI=1S/C18H30N2O/c1-5-9-19-12-16-11-14(2)6-7-17(16)20-10-8-15(3)18(13-20)21-4/h6-7,11,15,18-19H,5,8-10,12-13H2,1-4H3. The summed E-state index contributed by atoms with van der Waals surface area (Å²) in [4.78, 5) is 2.50. The number of methoxy groups -OCH3 is 1. The molecule has 21 heavy (non-hydrogen) atoms. The van der Waals surface area contributed by atoms with Crippen LogP contribution in [0.1, 0.15) is 37.8 Å². The van der Waals surface area contributed by atoms with Gasteiger partial charge in [0.25, 0.3) is 0 Å². The SMILES string of the molecule is CCCNCc1cc(C)ccc1N1CCC(C)C(OC)C1. The first-order chi connectivity index (χ1) is 10.2. The number of aryl methyl sites for hydroxylation is 1. The first-order valence-electron chi connectivity index (χ1n) is 8.23. The van der Waals surface area contributed by atoms with Crippen molar-refractivity contribution in [1.29, 1.82) is 0 Å². The van der Waals surface area contributed by atoms with E-state index >= 15 is 0 Å². The largest absolute Gasteiger partial charge is 0.379 e. The molecule has 0 aromatic heterocycles. The van der Waals surface area contributed by atoms with Crippen molar-refractivity contribution in [2.24, 2.45) is 5.92 Å². The van der Waals surface area contributed by atoms with Gasteiger partial charge in [-0.05, 0) is 43.9 Å². The van der Waals surface area contributed by atoms with Crippen LogP contribution in [0.15, 0.2) is 18.2 Å². The maximum atomic E-state index is 5.66. The summed E-state index contributed by atoms with van der Waals surface area (Å²) in [5.41, 5.74) is 4.12. The Hall–Kier alpha value is -1.06. The predicted octanol–water partition coefficient (Wildman–Crippen LogP) is 3.36. The fourth-order valence-electron chi connectivity index (χ4n) is 3.12. The smallest absolute Gasteiger partial charge is 0.0772 e. The van der Waals surface area contributed by atoms with Gasteiger partial charge in [0.15, 0.2) is 0 Å². The molecule has 1 fully saturated rings. The number of ether oxygens (including phenoxy) is 1. The van der Waals surface area contributed by atoms with E-state index in [9.17, 15) is 0 Å². The Bertz CT molecular complexity index is 447. The highest BCUT2D eigenvalue weighted by Crippen LogP contribution is 2.28. The Kier molecular flexibility index (Phi) is 6.07. The molecular weight excluding hydrogens is 260 g/mol. The fraction of sp³-hybridized carbons (Fsp3) is 0.667. The zero-order valence-electron chi connectivity index (χ0n) is 14.0. The summed E-state index contributed by atoms with van der Waals surface area (Å²) in [7, 11) is 1.84. The van der Waals surface area contributed by atoms with E-state index in [0.717, 1.165) is 26.2 Å². The minimum Gasteiger partial charge on any atom is -0.379 e. The molecule has 0 radical (unpaired) electrons. The highest BCUT2D eigenvalue weighted by Gasteiger charge is 2.27. The maximum absolute atomic E-state index is 5.66. The number of anilines is 1. The lowest BCUT2D eigenvalue weighted by atomic mass is 9.94. The van der Waals surface area contributed by atoms with Crippen molar-refractivity contribution >= 4 is 5.69 Å². The van der Waals surface area contributed by atoms with Gasteiger partial charge >= 0.3 is 0 Å². The van der Waals surface area contributed by atoms with Crippen LogP contribution in [-0.2, 0) is 11.3 Å². The maximum Gasteiger partial charge on any atom is 0.0772 e. The molecular formula is C18H30N2O. The van der Waals surface area contributed by atoms with Crippen LogP contribution in [0, 0.1) is 12.8 Å². The second-order valence-corrected chi connectivity index (χ2v) is 6.30. The third-order valence-electron chi connectivity index (χ3n) is 4.51. The molecule has 0 amide bonds. The van der Waals surface area contributed by atoms with Gasteiger partial charge in [0.05, 0.1) is 6.10 Å². The van der Waals surface area contributed by atoms with Crippen LogP contribution in [0.4, 0.5) is 5.69 Å². The molecule has 0 bridgehead atoms. The quantitative estimate of drug-likeness (QED) is 0.813. The Morgan fingerprint density at radius 1 is 1.38 bits per heavy atom. The summed E-state index contributed by atoms with van der Waals surface area (Å²) in [6, 6.07) is 6.82. The summed E-state index contributed by atoms with van der Waals surface area (Å²) >= 11 is 0. The summed E-state index contributed by atoms with van der Waals surface area (Å²) in [6.45, 7) is 10.8. The second kappa shape index (κ2) is 7.81. The Morgan fingerprint density at radius 2 is 2.19 bits per heavy atom. The molecule has 2 unspecified atom stereocenters. The minimum absolute atomic E-state index is 0.344. The van der Waals surface area contributed by atoms with Crippen LogP contribution in [0.5, 0.6) is 0 Å². The Labute approximate surface area is 129 Å². The average molecular weight is 290 g/mol. The number of hydrogen-bond acceptors (Lipinski definition) is 3. The molecule has 1 heterocycles. The molecule has 1 aliphatic rings. The normalized spacial score (nSPS) is 22.6. The van der Waals surface area contributed by atoms with Gasteiger partial charge in [-0.3, -0.25) is 0 Å². The van der Waals surface area contributed by atoms with E-state index in [0.29, 0.717) is 12.0 Å². The van der Waals surface area contributed by atoms with Crippen LogP contribution in [0.2, 0.25) is 0 Å². The molecule has 0 saturated carbocycles. The molecule has 3 heteroatoms. The van der Waals surface area contributed by atoms with Crippen molar-refractivity contribution in [2.75, 3.05) is 31.6 Å². The lowest BCUT2D eigenvalue weighted by molar-refractivity contribution is 0.0498. The van der Waals surface area contributed by atoms with Crippen molar-refractivity contribution in [3.05, 3.63) is 29.3 Å². The van der Waals surface area contributed by atoms with Gasteiger partial charge in [-0.15, -0.1) is 0 Å². The first kappa shape index (κ1) is 16.3. The minimum atomic E-state index is 0.344. The molecule has 3 nitrogen and oxygen atoms in total. The molecule has 1 aromatic rings. The third-order valence-corrected chi connectivity index (χ3v) is 4.51. The highest BCUT2D eigenvalue weighted by atomic mass is 16.5. The van der Waals surface area contributed by atoms with Crippen molar-refractivity contribution in [2.45, 2.75) is 46.3 Å². The Balaban J connectivity index is 2.14. The van der Waals surface area contributed by atoms with E-state index in [2.05, 4.69) is 49.2 Å².